The van der Waals surface area contributed by atoms with Crippen molar-refractivity contribution in [3.05, 3.63) is 42.5 Å². The highest BCUT2D eigenvalue weighted by Gasteiger charge is 2.07. The van der Waals surface area contributed by atoms with Gasteiger partial charge in [0.1, 0.15) is 12.1 Å². The number of pyridine rings is 1. The van der Waals surface area contributed by atoms with Crippen molar-refractivity contribution in [2.24, 2.45) is 0 Å². The Morgan fingerprint density at radius 2 is 2.16 bits per heavy atom. The Morgan fingerprint density at radius 1 is 1.26 bits per heavy atom. The lowest BCUT2D eigenvalue weighted by Gasteiger charge is -2.14. The Morgan fingerprint density at radius 3 is 2.89 bits per heavy atom. The summed E-state index contributed by atoms with van der Waals surface area (Å²) in [5.74, 6) is 1.33. The molecule has 0 bridgehead atoms. The second kappa shape index (κ2) is 6.68. The zero-order chi connectivity index (χ0) is 13.5. The van der Waals surface area contributed by atoms with Crippen LogP contribution in [-0.4, -0.2) is 21.6 Å². The van der Waals surface area contributed by atoms with Crippen molar-refractivity contribution in [3.8, 4) is 5.88 Å². The molecule has 2 heterocycles. The number of nitrogens with one attached hydrogen (secondary N) is 1. The summed E-state index contributed by atoms with van der Waals surface area (Å²) in [6.45, 7) is 4.76. The first-order valence-corrected chi connectivity index (χ1v) is 6.42. The molecule has 100 valence electrons. The predicted molar refractivity (Wildman–Crippen MR) is 74.1 cm³/mol. The quantitative estimate of drug-likeness (QED) is 0.863. The summed E-state index contributed by atoms with van der Waals surface area (Å²) in [7, 11) is 0. The zero-order valence-electron chi connectivity index (χ0n) is 11.2. The summed E-state index contributed by atoms with van der Waals surface area (Å²) in [6, 6.07) is 7.73. The van der Waals surface area contributed by atoms with E-state index in [0.717, 1.165) is 17.9 Å². The lowest BCUT2D eigenvalue weighted by Crippen LogP contribution is -2.10. The fourth-order valence-electron chi connectivity index (χ4n) is 1.63. The molecule has 0 aliphatic heterocycles. The van der Waals surface area contributed by atoms with Gasteiger partial charge in [0.15, 0.2) is 0 Å². The summed E-state index contributed by atoms with van der Waals surface area (Å²) in [5.41, 5.74) is 0.970. The van der Waals surface area contributed by atoms with E-state index in [1.54, 1.807) is 12.3 Å². The average molecular weight is 258 g/mol. The van der Waals surface area contributed by atoms with Gasteiger partial charge in [0.25, 0.3) is 0 Å². The van der Waals surface area contributed by atoms with E-state index < -0.39 is 0 Å². The Kier molecular flexibility index (Phi) is 4.66. The average Bonchev–Trinajstić information content (AvgIpc) is 2.46. The lowest BCUT2D eigenvalue weighted by molar-refractivity contribution is 0.305. The van der Waals surface area contributed by atoms with Gasteiger partial charge in [0, 0.05) is 12.3 Å². The summed E-state index contributed by atoms with van der Waals surface area (Å²) in [6.07, 6.45) is 4.23. The van der Waals surface area contributed by atoms with Gasteiger partial charge >= 0.3 is 0 Å². The molecular weight excluding hydrogens is 240 g/mol. The Balaban J connectivity index is 2.02. The molecule has 0 amide bonds. The van der Waals surface area contributed by atoms with Gasteiger partial charge in [0.2, 0.25) is 5.88 Å². The molecule has 0 fully saturated rings. The van der Waals surface area contributed by atoms with Crippen molar-refractivity contribution < 1.29 is 4.74 Å². The van der Waals surface area contributed by atoms with Gasteiger partial charge in [-0.2, -0.15) is 0 Å². The summed E-state index contributed by atoms with van der Waals surface area (Å²) >= 11 is 0. The van der Waals surface area contributed by atoms with Gasteiger partial charge in [-0.25, -0.2) is 9.97 Å². The minimum atomic E-state index is 0.0788. The minimum absolute atomic E-state index is 0.0788. The Labute approximate surface area is 113 Å². The highest BCUT2D eigenvalue weighted by molar-refractivity contribution is 5.39. The molecule has 0 radical (unpaired) electrons. The minimum Gasteiger partial charge on any atom is -0.478 e. The topological polar surface area (TPSA) is 59.9 Å². The van der Waals surface area contributed by atoms with Crippen molar-refractivity contribution in [2.75, 3.05) is 11.9 Å². The van der Waals surface area contributed by atoms with Crippen LogP contribution in [0.5, 0.6) is 5.88 Å². The molecular formula is C14H18N4O. The number of hydrogen-bond donors (Lipinski definition) is 1. The van der Waals surface area contributed by atoms with Gasteiger partial charge in [-0.1, -0.05) is 13.0 Å². The first-order valence-electron chi connectivity index (χ1n) is 6.42. The summed E-state index contributed by atoms with van der Waals surface area (Å²) in [5, 5.41) is 3.28. The Bertz CT molecular complexity index is 504. The van der Waals surface area contributed by atoms with Crippen LogP contribution in [0.2, 0.25) is 0 Å². The molecule has 0 spiro atoms. The van der Waals surface area contributed by atoms with E-state index in [1.807, 2.05) is 25.1 Å². The van der Waals surface area contributed by atoms with Crippen LogP contribution in [0.3, 0.4) is 0 Å². The van der Waals surface area contributed by atoms with E-state index in [2.05, 4.69) is 27.2 Å². The predicted octanol–water partition coefficient (Wildman–Crippen LogP) is 2.83. The number of hydrogen-bond acceptors (Lipinski definition) is 5. The number of nitrogens with zero attached hydrogens (tertiary/aromatic N) is 3. The highest BCUT2D eigenvalue weighted by atomic mass is 16.5. The summed E-state index contributed by atoms with van der Waals surface area (Å²) < 4.78 is 5.48. The largest absolute Gasteiger partial charge is 0.478 e. The van der Waals surface area contributed by atoms with Crippen LogP contribution in [0, 0.1) is 0 Å². The number of anilines is 1. The maximum atomic E-state index is 5.48. The van der Waals surface area contributed by atoms with Gasteiger partial charge in [-0.15, -0.1) is 0 Å². The molecule has 0 saturated carbocycles. The van der Waals surface area contributed by atoms with E-state index in [9.17, 15) is 0 Å². The molecule has 0 aromatic carbocycles. The number of ether oxygens (including phenoxy) is 1. The first-order chi connectivity index (χ1) is 9.29. The van der Waals surface area contributed by atoms with E-state index >= 15 is 0 Å². The molecule has 1 atom stereocenters. The van der Waals surface area contributed by atoms with E-state index in [0.29, 0.717) is 12.5 Å². The third-order valence-corrected chi connectivity index (χ3v) is 2.59. The third-order valence-electron chi connectivity index (χ3n) is 2.59. The zero-order valence-corrected chi connectivity index (χ0v) is 11.2. The number of rotatable bonds is 6. The maximum Gasteiger partial charge on any atom is 0.218 e. The molecule has 2 rings (SSSR count). The summed E-state index contributed by atoms with van der Waals surface area (Å²) in [4.78, 5) is 12.6. The van der Waals surface area contributed by atoms with Crippen LogP contribution in [0.4, 0.5) is 5.82 Å². The molecule has 0 aliphatic carbocycles. The van der Waals surface area contributed by atoms with Crippen LogP contribution in [0.25, 0.3) is 0 Å². The van der Waals surface area contributed by atoms with Gasteiger partial charge in [-0.3, -0.25) is 4.98 Å². The van der Waals surface area contributed by atoms with Crippen molar-refractivity contribution in [1.82, 2.24) is 15.0 Å². The van der Waals surface area contributed by atoms with Crippen molar-refractivity contribution in [3.63, 3.8) is 0 Å². The van der Waals surface area contributed by atoms with Crippen LogP contribution >= 0.6 is 0 Å². The molecule has 5 heteroatoms. The normalized spacial score (nSPS) is 11.9. The maximum absolute atomic E-state index is 5.48. The molecule has 2 aromatic heterocycles. The van der Waals surface area contributed by atoms with Gasteiger partial charge in [-0.05, 0) is 25.5 Å². The Hall–Kier alpha value is -2.17. The SMILES string of the molecule is CCCOc1cc(NC(C)c2ccccn2)ncn1. The molecule has 1 unspecified atom stereocenters. The highest BCUT2D eigenvalue weighted by Crippen LogP contribution is 2.17. The van der Waals surface area contributed by atoms with Crippen LogP contribution in [0.1, 0.15) is 32.0 Å². The smallest absolute Gasteiger partial charge is 0.218 e. The standard InChI is InChI=1S/C14H18N4O/c1-3-8-19-14-9-13(16-10-17-14)18-11(2)12-6-4-5-7-15-12/h4-7,9-11H,3,8H2,1-2H3,(H,16,17,18). The molecule has 5 nitrogen and oxygen atoms in total. The molecule has 2 aromatic rings. The van der Waals surface area contributed by atoms with Crippen LogP contribution < -0.4 is 10.1 Å². The van der Waals surface area contributed by atoms with Crippen LogP contribution in [-0.2, 0) is 0 Å². The van der Waals surface area contributed by atoms with E-state index in [1.165, 1.54) is 6.33 Å². The lowest BCUT2D eigenvalue weighted by atomic mass is 10.2. The van der Waals surface area contributed by atoms with E-state index in [4.69, 9.17) is 4.74 Å². The van der Waals surface area contributed by atoms with Gasteiger partial charge in [0.05, 0.1) is 18.3 Å². The molecule has 19 heavy (non-hydrogen) atoms. The second-order valence-electron chi connectivity index (χ2n) is 4.21. The monoisotopic (exact) mass is 258 g/mol. The molecule has 0 aliphatic rings. The van der Waals surface area contributed by atoms with E-state index in [-0.39, 0.29) is 6.04 Å². The van der Waals surface area contributed by atoms with Crippen molar-refractivity contribution in [2.45, 2.75) is 26.3 Å². The van der Waals surface area contributed by atoms with Crippen molar-refractivity contribution >= 4 is 5.82 Å². The fraction of sp³-hybridized carbons (Fsp3) is 0.357. The first kappa shape index (κ1) is 13.3. The fourth-order valence-corrected chi connectivity index (χ4v) is 1.63. The van der Waals surface area contributed by atoms with Crippen molar-refractivity contribution in [1.29, 1.82) is 0 Å². The number of aromatic nitrogens is 3. The second-order valence-corrected chi connectivity index (χ2v) is 4.21. The van der Waals surface area contributed by atoms with Gasteiger partial charge < -0.3 is 10.1 Å². The molecule has 1 N–H and O–H groups in total. The van der Waals surface area contributed by atoms with Crippen LogP contribution in [0.15, 0.2) is 36.8 Å². The third kappa shape index (κ3) is 3.91. The molecule has 0 saturated heterocycles.